The third-order valence-electron chi connectivity index (χ3n) is 6.15. The van der Waals surface area contributed by atoms with Gasteiger partial charge >= 0.3 is 0 Å². The molecule has 2 fully saturated rings. The van der Waals surface area contributed by atoms with Gasteiger partial charge in [-0.25, -0.2) is 9.97 Å². The molecule has 0 saturated carbocycles. The Morgan fingerprint density at radius 2 is 2.00 bits per heavy atom. The van der Waals surface area contributed by atoms with Gasteiger partial charge in [0.1, 0.15) is 0 Å². The molecule has 28 heavy (non-hydrogen) atoms. The van der Waals surface area contributed by atoms with Crippen molar-refractivity contribution in [2.75, 3.05) is 37.7 Å². The number of aliphatic hydroxyl groups is 1. The van der Waals surface area contributed by atoms with Crippen LogP contribution >= 0.6 is 0 Å². The number of aliphatic hydroxyl groups excluding tert-OH is 1. The summed E-state index contributed by atoms with van der Waals surface area (Å²) in [6.07, 6.45) is 5.15. The molecule has 1 N–H and O–H groups in total. The standard InChI is InChI=1S/C21H23N5O2/c22-12-16-3-1-4-17(11-16)19(28)25-9-5-21(6-10-25)15-26(13-18(21)14-27)20-23-7-2-8-24-20/h1-4,7-8,11,18,27H,5-6,9-10,13-15H2. The molecule has 2 aliphatic heterocycles. The molecule has 1 amide bonds. The summed E-state index contributed by atoms with van der Waals surface area (Å²) in [5.41, 5.74) is 1.02. The highest BCUT2D eigenvalue weighted by molar-refractivity contribution is 5.94. The molecule has 1 aromatic carbocycles. The zero-order valence-corrected chi connectivity index (χ0v) is 15.7. The Kier molecular flexibility index (Phi) is 4.97. The quantitative estimate of drug-likeness (QED) is 0.875. The lowest BCUT2D eigenvalue weighted by molar-refractivity contribution is 0.0416. The summed E-state index contributed by atoms with van der Waals surface area (Å²) >= 11 is 0. The lowest BCUT2D eigenvalue weighted by Gasteiger charge is -2.42. The second-order valence-electron chi connectivity index (χ2n) is 7.66. The molecule has 1 aromatic heterocycles. The minimum Gasteiger partial charge on any atom is -0.396 e. The molecule has 2 aromatic rings. The Balaban J connectivity index is 1.46. The first kappa shape index (κ1) is 18.4. The number of hydrogen-bond donors (Lipinski definition) is 1. The summed E-state index contributed by atoms with van der Waals surface area (Å²) in [4.78, 5) is 25.5. The molecule has 2 aliphatic rings. The smallest absolute Gasteiger partial charge is 0.253 e. The van der Waals surface area contributed by atoms with E-state index in [2.05, 4.69) is 20.9 Å². The van der Waals surface area contributed by atoms with Gasteiger partial charge in [0, 0.05) is 56.7 Å². The van der Waals surface area contributed by atoms with Crippen LogP contribution < -0.4 is 4.90 Å². The number of anilines is 1. The maximum atomic E-state index is 12.8. The van der Waals surface area contributed by atoms with Gasteiger partial charge < -0.3 is 14.9 Å². The van der Waals surface area contributed by atoms with E-state index in [-0.39, 0.29) is 23.8 Å². The zero-order valence-electron chi connectivity index (χ0n) is 15.7. The van der Waals surface area contributed by atoms with Crippen LogP contribution in [0.25, 0.3) is 0 Å². The molecule has 7 nitrogen and oxygen atoms in total. The van der Waals surface area contributed by atoms with E-state index in [1.807, 2.05) is 4.90 Å². The maximum absolute atomic E-state index is 12.8. The average Bonchev–Trinajstić information content (AvgIpc) is 3.12. The Bertz CT molecular complexity index is 887. The molecule has 1 unspecified atom stereocenters. The predicted molar refractivity (Wildman–Crippen MR) is 104 cm³/mol. The molecular weight excluding hydrogens is 354 g/mol. The van der Waals surface area contributed by atoms with E-state index >= 15 is 0 Å². The van der Waals surface area contributed by atoms with Crippen LogP contribution in [0.1, 0.15) is 28.8 Å². The molecule has 2 saturated heterocycles. The fourth-order valence-corrected chi connectivity index (χ4v) is 4.52. The lowest BCUT2D eigenvalue weighted by Crippen LogP contribution is -2.47. The molecule has 3 heterocycles. The SMILES string of the molecule is N#Cc1cccc(C(=O)N2CCC3(CC2)CN(c2ncccn2)CC3CO)c1. The number of hydrogen-bond acceptors (Lipinski definition) is 6. The second-order valence-corrected chi connectivity index (χ2v) is 7.66. The summed E-state index contributed by atoms with van der Waals surface area (Å²) in [6.45, 7) is 2.96. The van der Waals surface area contributed by atoms with Gasteiger partial charge in [-0.15, -0.1) is 0 Å². The summed E-state index contributed by atoms with van der Waals surface area (Å²) in [7, 11) is 0. The summed E-state index contributed by atoms with van der Waals surface area (Å²) < 4.78 is 0. The number of likely N-dealkylation sites (tertiary alicyclic amines) is 1. The highest BCUT2D eigenvalue weighted by Gasteiger charge is 2.48. The fourth-order valence-electron chi connectivity index (χ4n) is 4.52. The molecule has 0 aliphatic carbocycles. The number of nitrogens with zero attached hydrogens (tertiary/aromatic N) is 5. The maximum Gasteiger partial charge on any atom is 0.253 e. The van der Waals surface area contributed by atoms with Crippen molar-refractivity contribution in [2.45, 2.75) is 12.8 Å². The molecule has 144 valence electrons. The minimum atomic E-state index is -0.0336. The number of rotatable bonds is 3. The second kappa shape index (κ2) is 7.56. The van der Waals surface area contributed by atoms with Gasteiger partial charge in [0.15, 0.2) is 0 Å². The lowest BCUT2D eigenvalue weighted by atomic mass is 9.71. The third-order valence-corrected chi connectivity index (χ3v) is 6.15. The Hall–Kier alpha value is -2.98. The van der Waals surface area contributed by atoms with Crippen molar-refractivity contribution in [3.8, 4) is 6.07 Å². The van der Waals surface area contributed by atoms with Crippen LogP contribution in [0.3, 0.4) is 0 Å². The van der Waals surface area contributed by atoms with Gasteiger partial charge in [0.05, 0.1) is 11.6 Å². The largest absolute Gasteiger partial charge is 0.396 e. The van der Waals surface area contributed by atoms with Gasteiger partial charge in [0.25, 0.3) is 5.91 Å². The van der Waals surface area contributed by atoms with E-state index in [0.29, 0.717) is 30.2 Å². The van der Waals surface area contributed by atoms with E-state index in [1.54, 1.807) is 42.7 Å². The molecule has 4 rings (SSSR count). The van der Waals surface area contributed by atoms with Gasteiger partial charge in [0.2, 0.25) is 5.95 Å². The Morgan fingerprint density at radius 1 is 1.25 bits per heavy atom. The van der Waals surface area contributed by atoms with Crippen molar-refractivity contribution in [2.24, 2.45) is 11.3 Å². The van der Waals surface area contributed by atoms with Crippen LogP contribution in [0.4, 0.5) is 5.95 Å². The molecule has 1 spiro atoms. The highest BCUT2D eigenvalue weighted by atomic mass is 16.3. The Labute approximate surface area is 164 Å². The first-order chi connectivity index (χ1) is 13.6. The summed E-state index contributed by atoms with van der Waals surface area (Å²) in [5, 5.41) is 19.0. The molecule has 0 radical (unpaired) electrons. The first-order valence-electron chi connectivity index (χ1n) is 9.57. The van der Waals surface area contributed by atoms with Crippen LogP contribution in [0.2, 0.25) is 0 Å². The van der Waals surface area contributed by atoms with Crippen LogP contribution in [0, 0.1) is 22.7 Å². The topological polar surface area (TPSA) is 93.4 Å². The van der Waals surface area contributed by atoms with Crippen molar-refractivity contribution >= 4 is 11.9 Å². The predicted octanol–water partition coefficient (Wildman–Crippen LogP) is 1.70. The van der Waals surface area contributed by atoms with E-state index in [9.17, 15) is 9.90 Å². The molecular formula is C21H23N5O2. The highest BCUT2D eigenvalue weighted by Crippen LogP contribution is 2.45. The Morgan fingerprint density at radius 3 is 2.68 bits per heavy atom. The number of nitriles is 1. The van der Waals surface area contributed by atoms with Gasteiger partial charge in [-0.3, -0.25) is 4.79 Å². The average molecular weight is 377 g/mol. The zero-order chi connectivity index (χ0) is 19.6. The van der Waals surface area contributed by atoms with Gasteiger partial charge in [-0.2, -0.15) is 5.26 Å². The third kappa shape index (κ3) is 3.32. The van der Waals surface area contributed by atoms with Gasteiger partial charge in [-0.1, -0.05) is 6.07 Å². The van der Waals surface area contributed by atoms with Crippen molar-refractivity contribution < 1.29 is 9.90 Å². The number of carbonyl (C=O) groups excluding carboxylic acids is 1. The summed E-state index contributed by atoms with van der Waals surface area (Å²) in [6, 6.07) is 10.7. The van der Waals surface area contributed by atoms with Crippen LogP contribution in [-0.2, 0) is 0 Å². The normalized spacial score (nSPS) is 20.9. The van der Waals surface area contributed by atoms with Crippen LogP contribution in [0.15, 0.2) is 42.7 Å². The van der Waals surface area contributed by atoms with E-state index in [0.717, 1.165) is 25.9 Å². The molecule has 7 heteroatoms. The molecule has 0 bridgehead atoms. The summed E-state index contributed by atoms with van der Waals surface area (Å²) in [5.74, 6) is 0.814. The number of amides is 1. The van der Waals surface area contributed by atoms with Crippen LogP contribution in [-0.4, -0.2) is 58.7 Å². The molecule has 1 atom stereocenters. The van der Waals surface area contributed by atoms with Crippen molar-refractivity contribution in [3.63, 3.8) is 0 Å². The number of benzene rings is 1. The minimum absolute atomic E-state index is 0.0285. The van der Waals surface area contributed by atoms with E-state index in [1.165, 1.54) is 0 Å². The van der Waals surface area contributed by atoms with Crippen molar-refractivity contribution in [3.05, 3.63) is 53.9 Å². The van der Waals surface area contributed by atoms with E-state index < -0.39 is 0 Å². The number of piperidine rings is 1. The van der Waals surface area contributed by atoms with E-state index in [4.69, 9.17) is 5.26 Å². The first-order valence-corrected chi connectivity index (χ1v) is 9.57. The monoisotopic (exact) mass is 377 g/mol. The fraction of sp³-hybridized carbons (Fsp3) is 0.429. The number of carbonyl (C=O) groups is 1. The van der Waals surface area contributed by atoms with Gasteiger partial charge in [-0.05, 0) is 42.5 Å². The van der Waals surface area contributed by atoms with Crippen LogP contribution in [0.5, 0.6) is 0 Å². The number of aromatic nitrogens is 2. The van der Waals surface area contributed by atoms with Crippen molar-refractivity contribution in [1.29, 1.82) is 5.26 Å². The van der Waals surface area contributed by atoms with Crippen molar-refractivity contribution in [1.82, 2.24) is 14.9 Å².